The monoisotopic (exact) mass is 299 g/mol. The van der Waals surface area contributed by atoms with Gasteiger partial charge in [0, 0.05) is 31.4 Å². The molecule has 1 atom stereocenters. The average molecular weight is 299 g/mol. The maximum atomic E-state index is 5.43. The van der Waals surface area contributed by atoms with Crippen LogP contribution in [0.1, 0.15) is 42.8 Å². The number of piperidine rings is 1. The molecule has 1 aliphatic rings. The molecule has 2 aromatic rings. The molecule has 0 bridgehead atoms. The van der Waals surface area contributed by atoms with Crippen LogP contribution in [0, 0.1) is 6.92 Å². The Morgan fingerprint density at radius 1 is 1.32 bits per heavy atom. The molecule has 1 unspecified atom stereocenters. The lowest BCUT2D eigenvalue weighted by Crippen LogP contribution is -2.43. The lowest BCUT2D eigenvalue weighted by molar-refractivity contribution is 0.174. The smallest absolute Gasteiger partial charge is 0.117 e. The van der Waals surface area contributed by atoms with Crippen LogP contribution in [-0.2, 0) is 6.54 Å². The third-order valence-electron chi connectivity index (χ3n) is 4.49. The molecule has 1 saturated heterocycles. The first-order chi connectivity index (χ1) is 10.7. The highest BCUT2D eigenvalue weighted by atomic mass is 16.3. The zero-order valence-corrected chi connectivity index (χ0v) is 13.5. The number of hydrogen-bond donors (Lipinski definition) is 1. The van der Waals surface area contributed by atoms with Crippen molar-refractivity contribution < 1.29 is 4.42 Å². The quantitative estimate of drug-likeness (QED) is 0.920. The number of rotatable bonds is 5. The second kappa shape index (κ2) is 7.07. The third kappa shape index (κ3) is 3.76. The van der Waals surface area contributed by atoms with Gasteiger partial charge in [-0.25, -0.2) is 0 Å². The van der Waals surface area contributed by atoms with Crippen molar-refractivity contribution in [2.75, 3.05) is 13.1 Å². The zero-order valence-electron chi connectivity index (χ0n) is 13.5. The SMILES string of the molecule is Cc1cccnc1C(C)NC1CCN(Cc2ccco2)CC1. The number of nitrogens with zero attached hydrogens (tertiary/aromatic N) is 2. The summed E-state index contributed by atoms with van der Waals surface area (Å²) in [7, 11) is 0. The Hall–Kier alpha value is -1.65. The van der Waals surface area contributed by atoms with E-state index in [1.54, 1.807) is 6.26 Å². The van der Waals surface area contributed by atoms with E-state index in [0.717, 1.165) is 25.4 Å². The minimum absolute atomic E-state index is 0.308. The number of aromatic nitrogens is 1. The van der Waals surface area contributed by atoms with Gasteiger partial charge in [0.25, 0.3) is 0 Å². The molecule has 0 spiro atoms. The first kappa shape index (κ1) is 15.3. The van der Waals surface area contributed by atoms with E-state index in [9.17, 15) is 0 Å². The molecule has 3 heterocycles. The Labute approximate surface area is 132 Å². The second-order valence-electron chi connectivity index (χ2n) is 6.22. The summed E-state index contributed by atoms with van der Waals surface area (Å²) in [6, 6.07) is 9.02. The Balaban J connectivity index is 1.48. The number of aryl methyl sites for hydroxylation is 1. The molecule has 4 nitrogen and oxygen atoms in total. The summed E-state index contributed by atoms with van der Waals surface area (Å²) in [4.78, 5) is 6.99. The molecule has 0 amide bonds. The van der Waals surface area contributed by atoms with Crippen LogP contribution in [0.5, 0.6) is 0 Å². The van der Waals surface area contributed by atoms with Crippen LogP contribution in [0.4, 0.5) is 0 Å². The molecule has 1 aliphatic heterocycles. The van der Waals surface area contributed by atoms with Gasteiger partial charge in [-0.1, -0.05) is 6.07 Å². The van der Waals surface area contributed by atoms with Crippen LogP contribution in [0.2, 0.25) is 0 Å². The molecule has 3 rings (SSSR count). The van der Waals surface area contributed by atoms with Gasteiger partial charge in [0.05, 0.1) is 18.5 Å². The van der Waals surface area contributed by atoms with E-state index in [1.165, 1.54) is 24.1 Å². The van der Waals surface area contributed by atoms with Crippen LogP contribution in [0.15, 0.2) is 41.1 Å². The van der Waals surface area contributed by atoms with Gasteiger partial charge in [-0.05, 0) is 50.5 Å². The van der Waals surface area contributed by atoms with Crippen molar-refractivity contribution in [3.8, 4) is 0 Å². The predicted molar refractivity (Wildman–Crippen MR) is 87.5 cm³/mol. The average Bonchev–Trinajstić information content (AvgIpc) is 3.02. The van der Waals surface area contributed by atoms with E-state index in [4.69, 9.17) is 4.42 Å². The van der Waals surface area contributed by atoms with E-state index in [2.05, 4.69) is 41.2 Å². The Morgan fingerprint density at radius 3 is 2.82 bits per heavy atom. The minimum atomic E-state index is 0.308. The van der Waals surface area contributed by atoms with Crippen molar-refractivity contribution in [2.45, 2.75) is 45.3 Å². The molecule has 0 aromatic carbocycles. The van der Waals surface area contributed by atoms with Crippen LogP contribution >= 0.6 is 0 Å². The standard InChI is InChI=1S/C18H25N3O/c1-14-5-3-9-19-18(14)15(2)20-16-7-10-21(11-8-16)13-17-6-4-12-22-17/h3-6,9,12,15-16,20H,7-8,10-11,13H2,1-2H3. The Kier molecular flexibility index (Phi) is 4.90. The van der Waals surface area contributed by atoms with Crippen LogP contribution in [-0.4, -0.2) is 29.0 Å². The molecule has 1 N–H and O–H groups in total. The Morgan fingerprint density at radius 2 is 2.14 bits per heavy atom. The molecular weight excluding hydrogens is 274 g/mol. The topological polar surface area (TPSA) is 41.3 Å². The highest BCUT2D eigenvalue weighted by Gasteiger charge is 2.22. The first-order valence-electron chi connectivity index (χ1n) is 8.14. The van der Waals surface area contributed by atoms with Gasteiger partial charge in [-0.15, -0.1) is 0 Å². The largest absolute Gasteiger partial charge is 0.468 e. The summed E-state index contributed by atoms with van der Waals surface area (Å²) < 4.78 is 5.43. The third-order valence-corrected chi connectivity index (χ3v) is 4.49. The van der Waals surface area contributed by atoms with Gasteiger partial charge >= 0.3 is 0 Å². The number of likely N-dealkylation sites (tertiary alicyclic amines) is 1. The van der Waals surface area contributed by atoms with Gasteiger partial charge in [0.2, 0.25) is 0 Å². The molecule has 1 fully saturated rings. The van der Waals surface area contributed by atoms with Gasteiger partial charge < -0.3 is 9.73 Å². The van der Waals surface area contributed by atoms with E-state index in [-0.39, 0.29) is 0 Å². The first-order valence-corrected chi connectivity index (χ1v) is 8.14. The van der Waals surface area contributed by atoms with Gasteiger partial charge in [-0.3, -0.25) is 9.88 Å². The molecule has 2 aromatic heterocycles. The fourth-order valence-electron chi connectivity index (χ4n) is 3.26. The lowest BCUT2D eigenvalue weighted by atomic mass is 10.0. The lowest BCUT2D eigenvalue weighted by Gasteiger charge is -2.33. The van der Waals surface area contributed by atoms with Gasteiger partial charge in [0.15, 0.2) is 0 Å². The van der Waals surface area contributed by atoms with Gasteiger partial charge in [-0.2, -0.15) is 0 Å². The molecule has 118 valence electrons. The van der Waals surface area contributed by atoms with E-state index >= 15 is 0 Å². The van der Waals surface area contributed by atoms with Crippen molar-refractivity contribution >= 4 is 0 Å². The summed E-state index contributed by atoms with van der Waals surface area (Å²) >= 11 is 0. The summed E-state index contributed by atoms with van der Waals surface area (Å²) in [5.41, 5.74) is 2.43. The van der Waals surface area contributed by atoms with Crippen LogP contribution < -0.4 is 5.32 Å². The van der Waals surface area contributed by atoms with E-state index < -0.39 is 0 Å². The fraction of sp³-hybridized carbons (Fsp3) is 0.500. The summed E-state index contributed by atoms with van der Waals surface area (Å²) in [6.07, 6.45) is 5.99. The summed E-state index contributed by atoms with van der Waals surface area (Å²) in [5, 5.41) is 3.74. The van der Waals surface area contributed by atoms with Crippen molar-refractivity contribution in [3.05, 3.63) is 53.7 Å². The zero-order chi connectivity index (χ0) is 15.4. The predicted octanol–water partition coefficient (Wildman–Crippen LogP) is 3.30. The van der Waals surface area contributed by atoms with Gasteiger partial charge in [0.1, 0.15) is 5.76 Å². The maximum absolute atomic E-state index is 5.43. The fourth-order valence-corrected chi connectivity index (χ4v) is 3.26. The summed E-state index contributed by atoms with van der Waals surface area (Å²) in [5.74, 6) is 1.06. The highest BCUT2D eigenvalue weighted by Crippen LogP contribution is 2.19. The second-order valence-corrected chi connectivity index (χ2v) is 6.22. The number of furan rings is 1. The van der Waals surface area contributed by atoms with Crippen LogP contribution in [0.3, 0.4) is 0 Å². The van der Waals surface area contributed by atoms with Crippen LogP contribution in [0.25, 0.3) is 0 Å². The van der Waals surface area contributed by atoms with Crippen molar-refractivity contribution in [1.29, 1.82) is 0 Å². The molecule has 0 aliphatic carbocycles. The number of hydrogen-bond acceptors (Lipinski definition) is 4. The Bertz CT molecular complexity index is 574. The van der Waals surface area contributed by atoms with Crippen molar-refractivity contribution in [2.24, 2.45) is 0 Å². The molecule has 0 saturated carbocycles. The van der Waals surface area contributed by atoms with E-state index in [1.807, 2.05) is 18.3 Å². The van der Waals surface area contributed by atoms with Crippen molar-refractivity contribution in [1.82, 2.24) is 15.2 Å². The molecular formula is C18H25N3O. The minimum Gasteiger partial charge on any atom is -0.468 e. The number of nitrogens with one attached hydrogen (secondary N) is 1. The normalized spacial score (nSPS) is 18.5. The molecule has 4 heteroatoms. The van der Waals surface area contributed by atoms with E-state index in [0.29, 0.717) is 12.1 Å². The number of pyridine rings is 1. The highest BCUT2D eigenvalue weighted by molar-refractivity contribution is 5.20. The summed E-state index contributed by atoms with van der Waals surface area (Å²) in [6.45, 7) is 7.50. The molecule has 0 radical (unpaired) electrons. The molecule has 22 heavy (non-hydrogen) atoms. The maximum Gasteiger partial charge on any atom is 0.117 e. The van der Waals surface area contributed by atoms with Crippen molar-refractivity contribution in [3.63, 3.8) is 0 Å².